The van der Waals surface area contributed by atoms with Crippen LogP contribution >= 0.6 is 15.9 Å². The first-order valence-corrected chi connectivity index (χ1v) is 6.49. The van der Waals surface area contributed by atoms with Crippen LogP contribution in [-0.2, 0) is 13.0 Å². The van der Waals surface area contributed by atoms with E-state index in [1.54, 1.807) is 24.4 Å². The summed E-state index contributed by atoms with van der Waals surface area (Å²) in [6.07, 6.45) is 3.86. The monoisotopic (exact) mass is 307 g/mol. The zero-order chi connectivity index (χ0) is 13.1. The Hall–Kier alpha value is -1.62. The maximum absolute atomic E-state index is 12.2. The Kier molecular flexibility index (Phi) is 3.81. The number of ketones is 1. The molecule has 5 heteroatoms. The SMILES string of the molecule is CCn1ccnc1CC(=O)c1cc(N)ccc1Br. The Morgan fingerprint density at radius 1 is 1.50 bits per heavy atom. The molecule has 0 aliphatic carbocycles. The van der Waals surface area contributed by atoms with Crippen molar-refractivity contribution >= 4 is 27.4 Å². The lowest BCUT2D eigenvalue weighted by molar-refractivity contribution is 0.0989. The highest BCUT2D eigenvalue weighted by Crippen LogP contribution is 2.21. The highest BCUT2D eigenvalue weighted by molar-refractivity contribution is 9.10. The Balaban J connectivity index is 2.25. The molecule has 0 fully saturated rings. The smallest absolute Gasteiger partial charge is 0.171 e. The lowest BCUT2D eigenvalue weighted by Crippen LogP contribution is -2.10. The molecule has 0 aliphatic heterocycles. The zero-order valence-corrected chi connectivity index (χ0v) is 11.6. The number of benzene rings is 1. The summed E-state index contributed by atoms with van der Waals surface area (Å²) in [6.45, 7) is 2.83. The first-order valence-electron chi connectivity index (χ1n) is 5.70. The molecule has 4 nitrogen and oxygen atoms in total. The first-order chi connectivity index (χ1) is 8.61. The van der Waals surface area contributed by atoms with E-state index in [0.29, 0.717) is 11.3 Å². The number of Topliss-reactive ketones (excluding diaryl/α,β-unsaturated/α-hetero) is 1. The van der Waals surface area contributed by atoms with Crippen molar-refractivity contribution in [2.24, 2.45) is 0 Å². The van der Waals surface area contributed by atoms with Crippen LogP contribution in [0.1, 0.15) is 23.1 Å². The van der Waals surface area contributed by atoms with Crippen molar-refractivity contribution in [2.45, 2.75) is 19.9 Å². The number of imidazole rings is 1. The molecule has 2 rings (SSSR count). The van der Waals surface area contributed by atoms with E-state index in [1.165, 1.54) is 0 Å². The molecule has 0 radical (unpaired) electrons. The molecule has 0 atom stereocenters. The third-order valence-corrected chi connectivity index (χ3v) is 3.44. The minimum Gasteiger partial charge on any atom is -0.399 e. The molecule has 0 bridgehead atoms. The van der Waals surface area contributed by atoms with Gasteiger partial charge in [-0.05, 0) is 25.1 Å². The number of anilines is 1. The summed E-state index contributed by atoms with van der Waals surface area (Å²) < 4.78 is 2.72. The number of aryl methyl sites for hydroxylation is 1. The molecule has 0 spiro atoms. The van der Waals surface area contributed by atoms with Crippen LogP contribution in [0, 0.1) is 0 Å². The molecule has 1 aromatic carbocycles. The fourth-order valence-corrected chi connectivity index (χ4v) is 2.26. The Labute approximate surface area is 114 Å². The summed E-state index contributed by atoms with van der Waals surface area (Å²) in [5, 5.41) is 0. The number of hydrogen-bond acceptors (Lipinski definition) is 3. The van der Waals surface area contributed by atoms with Crippen molar-refractivity contribution in [1.82, 2.24) is 9.55 Å². The third kappa shape index (κ3) is 2.61. The fraction of sp³-hybridized carbons (Fsp3) is 0.231. The molecular formula is C13H14BrN3O. The van der Waals surface area contributed by atoms with Crippen LogP contribution in [0.25, 0.3) is 0 Å². The maximum atomic E-state index is 12.2. The van der Waals surface area contributed by atoms with Crippen LogP contribution in [0.4, 0.5) is 5.69 Å². The fourth-order valence-electron chi connectivity index (χ4n) is 1.79. The maximum Gasteiger partial charge on any atom is 0.171 e. The van der Waals surface area contributed by atoms with Crippen molar-refractivity contribution in [3.05, 3.63) is 46.5 Å². The van der Waals surface area contributed by atoms with E-state index >= 15 is 0 Å². The highest BCUT2D eigenvalue weighted by atomic mass is 79.9. The molecule has 0 saturated heterocycles. The summed E-state index contributed by atoms with van der Waals surface area (Å²) in [7, 11) is 0. The Morgan fingerprint density at radius 2 is 2.28 bits per heavy atom. The number of hydrogen-bond donors (Lipinski definition) is 1. The zero-order valence-electron chi connectivity index (χ0n) is 10.1. The summed E-state index contributed by atoms with van der Waals surface area (Å²) in [5.74, 6) is 0.784. The van der Waals surface area contributed by atoms with Gasteiger partial charge in [0.25, 0.3) is 0 Å². The van der Waals surface area contributed by atoms with Crippen LogP contribution in [0.3, 0.4) is 0 Å². The van der Waals surface area contributed by atoms with Gasteiger partial charge in [-0.25, -0.2) is 4.98 Å². The average molecular weight is 308 g/mol. The van der Waals surface area contributed by atoms with E-state index in [4.69, 9.17) is 5.73 Å². The molecule has 94 valence electrons. The summed E-state index contributed by atoms with van der Waals surface area (Å²) in [4.78, 5) is 16.4. The molecule has 0 aliphatic rings. The molecule has 2 aromatic rings. The molecule has 0 saturated carbocycles. The first kappa shape index (κ1) is 12.8. The highest BCUT2D eigenvalue weighted by Gasteiger charge is 2.14. The van der Waals surface area contributed by atoms with Crippen molar-refractivity contribution in [3.63, 3.8) is 0 Å². The molecule has 0 unspecified atom stereocenters. The van der Waals surface area contributed by atoms with Gasteiger partial charge in [0.15, 0.2) is 5.78 Å². The van der Waals surface area contributed by atoms with Gasteiger partial charge in [0.05, 0.1) is 6.42 Å². The molecule has 0 amide bonds. The topological polar surface area (TPSA) is 60.9 Å². The minimum absolute atomic E-state index is 0.00933. The van der Waals surface area contributed by atoms with Crippen molar-refractivity contribution in [2.75, 3.05) is 5.73 Å². The van der Waals surface area contributed by atoms with Gasteiger partial charge in [-0.1, -0.05) is 15.9 Å². The predicted molar refractivity (Wildman–Crippen MR) is 74.5 cm³/mol. The van der Waals surface area contributed by atoms with E-state index < -0.39 is 0 Å². The molecule has 2 N–H and O–H groups in total. The largest absolute Gasteiger partial charge is 0.399 e. The second kappa shape index (κ2) is 5.35. The number of carbonyl (C=O) groups is 1. The standard InChI is InChI=1S/C13H14BrN3O/c1-2-17-6-5-16-13(17)8-12(18)10-7-9(15)3-4-11(10)14/h3-7H,2,8,15H2,1H3. The lowest BCUT2D eigenvalue weighted by atomic mass is 10.1. The Morgan fingerprint density at radius 3 is 3.00 bits per heavy atom. The second-order valence-electron chi connectivity index (χ2n) is 3.97. The van der Waals surface area contributed by atoms with E-state index in [0.717, 1.165) is 16.8 Å². The van der Waals surface area contributed by atoms with Crippen molar-refractivity contribution in [3.8, 4) is 0 Å². The van der Waals surface area contributed by atoms with Crippen molar-refractivity contribution < 1.29 is 4.79 Å². The van der Waals surface area contributed by atoms with E-state index in [-0.39, 0.29) is 12.2 Å². The number of halogens is 1. The number of nitrogen functional groups attached to an aromatic ring is 1. The average Bonchev–Trinajstić information content (AvgIpc) is 2.79. The van der Waals surface area contributed by atoms with Crippen LogP contribution in [-0.4, -0.2) is 15.3 Å². The molecule has 1 heterocycles. The van der Waals surface area contributed by atoms with E-state index in [2.05, 4.69) is 20.9 Å². The molecule has 18 heavy (non-hydrogen) atoms. The third-order valence-electron chi connectivity index (χ3n) is 2.75. The van der Waals surface area contributed by atoms with Crippen LogP contribution < -0.4 is 5.73 Å². The number of rotatable bonds is 4. The number of carbonyl (C=O) groups excluding carboxylic acids is 1. The number of aromatic nitrogens is 2. The van der Waals surface area contributed by atoms with Gasteiger partial charge < -0.3 is 10.3 Å². The number of nitrogens with zero attached hydrogens (tertiary/aromatic N) is 2. The van der Waals surface area contributed by atoms with E-state index in [9.17, 15) is 4.79 Å². The van der Waals surface area contributed by atoms with Gasteiger partial charge >= 0.3 is 0 Å². The van der Waals surface area contributed by atoms with E-state index in [1.807, 2.05) is 17.7 Å². The summed E-state index contributed by atoms with van der Waals surface area (Å²) in [5.41, 5.74) is 6.88. The van der Waals surface area contributed by atoms with Crippen molar-refractivity contribution in [1.29, 1.82) is 0 Å². The second-order valence-corrected chi connectivity index (χ2v) is 4.82. The summed E-state index contributed by atoms with van der Waals surface area (Å²) in [6, 6.07) is 5.23. The van der Waals surface area contributed by atoms with Gasteiger partial charge in [0.2, 0.25) is 0 Å². The van der Waals surface area contributed by atoms with Gasteiger partial charge in [-0.2, -0.15) is 0 Å². The minimum atomic E-state index is 0.00933. The quantitative estimate of drug-likeness (QED) is 0.698. The molecule has 1 aromatic heterocycles. The van der Waals surface area contributed by atoms with Crippen LogP contribution in [0.15, 0.2) is 35.1 Å². The van der Waals surface area contributed by atoms with Gasteiger partial charge in [-0.15, -0.1) is 0 Å². The van der Waals surface area contributed by atoms with Gasteiger partial charge in [-0.3, -0.25) is 4.79 Å². The Bertz CT molecular complexity index is 577. The van der Waals surface area contributed by atoms with Crippen LogP contribution in [0.2, 0.25) is 0 Å². The van der Waals surface area contributed by atoms with Crippen LogP contribution in [0.5, 0.6) is 0 Å². The predicted octanol–water partition coefficient (Wildman–Crippen LogP) is 2.67. The lowest BCUT2D eigenvalue weighted by Gasteiger charge is -2.06. The normalized spacial score (nSPS) is 10.6. The van der Waals surface area contributed by atoms with Gasteiger partial charge in [0, 0.05) is 34.7 Å². The molecular weight excluding hydrogens is 294 g/mol. The summed E-state index contributed by atoms with van der Waals surface area (Å²) >= 11 is 3.37. The number of nitrogens with two attached hydrogens (primary N) is 1. The van der Waals surface area contributed by atoms with Gasteiger partial charge in [0.1, 0.15) is 5.82 Å².